The first-order valence-electron chi connectivity index (χ1n) is 6.49. The zero-order valence-electron chi connectivity index (χ0n) is 10.4. The summed E-state index contributed by atoms with van der Waals surface area (Å²) in [5.41, 5.74) is 9.76. The summed E-state index contributed by atoms with van der Waals surface area (Å²) in [6, 6.07) is 0. The fourth-order valence-corrected chi connectivity index (χ4v) is 2.42. The van der Waals surface area contributed by atoms with Crippen LogP contribution in [0.15, 0.2) is 0 Å². The van der Waals surface area contributed by atoms with Gasteiger partial charge in [0.15, 0.2) is 0 Å². The van der Waals surface area contributed by atoms with Gasteiger partial charge in [0.2, 0.25) is 0 Å². The molecule has 0 bridgehead atoms. The van der Waals surface area contributed by atoms with Crippen molar-refractivity contribution >= 4 is 0 Å². The molecule has 0 aromatic carbocycles. The number of nitrogens with two attached hydrogens (primary N) is 1. The van der Waals surface area contributed by atoms with Crippen LogP contribution in [0.3, 0.4) is 0 Å². The summed E-state index contributed by atoms with van der Waals surface area (Å²) in [5, 5.41) is 2.38. The van der Waals surface area contributed by atoms with Crippen LogP contribution in [0.4, 0.5) is 0 Å². The van der Waals surface area contributed by atoms with Crippen molar-refractivity contribution in [2.24, 2.45) is 5.73 Å². The van der Waals surface area contributed by atoms with Gasteiger partial charge >= 0.3 is 0 Å². The number of rotatable bonds is 6. The number of piperidine rings is 1. The first kappa shape index (κ1) is 12.9. The Labute approximate surface area is 94.4 Å². The van der Waals surface area contributed by atoms with E-state index >= 15 is 0 Å². The van der Waals surface area contributed by atoms with Gasteiger partial charge in [0, 0.05) is 25.2 Å². The van der Waals surface area contributed by atoms with E-state index in [1.807, 2.05) is 0 Å². The third-order valence-electron chi connectivity index (χ3n) is 3.55. The van der Waals surface area contributed by atoms with Crippen LogP contribution < -0.4 is 11.2 Å². The van der Waals surface area contributed by atoms with Crippen LogP contribution in [0.2, 0.25) is 0 Å². The smallest absolute Gasteiger partial charge is 0.0445 e. The average molecular weight is 213 g/mol. The monoisotopic (exact) mass is 213 g/mol. The van der Waals surface area contributed by atoms with Gasteiger partial charge in [-0.1, -0.05) is 26.7 Å². The quantitative estimate of drug-likeness (QED) is 0.708. The van der Waals surface area contributed by atoms with E-state index in [0.29, 0.717) is 0 Å². The molecule has 15 heavy (non-hydrogen) atoms. The Kier molecular flexibility index (Phi) is 5.58. The summed E-state index contributed by atoms with van der Waals surface area (Å²) < 4.78 is 0. The third-order valence-corrected chi connectivity index (χ3v) is 3.55. The summed E-state index contributed by atoms with van der Waals surface area (Å²) in [7, 11) is 0. The zero-order valence-corrected chi connectivity index (χ0v) is 10.4. The summed E-state index contributed by atoms with van der Waals surface area (Å²) in [6.07, 6.45) is 7.52. The van der Waals surface area contributed by atoms with Gasteiger partial charge in [-0.2, -0.15) is 0 Å². The molecule has 0 aromatic heterocycles. The second-order valence-electron chi connectivity index (χ2n) is 4.75. The van der Waals surface area contributed by atoms with Gasteiger partial charge in [-0.3, -0.25) is 0 Å². The van der Waals surface area contributed by atoms with Gasteiger partial charge in [-0.15, -0.1) is 0 Å². The molecular formula is C12H27N3. The Morgan fingerprint density at radius 2 is 1.87 bits per heavy atom. The van der Waals surface area contributed by atoms with Crippen LogP contribution in [0.5, 0.6) is 0 Å². The van der Waals surface area contributed by atoms with Crippen molar-refractivity contribution < 1.29 is 0 Å². The van der Waals surface area contributed by atoms with E-state index in [0.717, 1.165) is 13.0 Å². The minimum absolute atomic E-state index is 0.145. The Morgan fingerprint density at radius 3 is 2.33 bits per heavy atom. The Balaban J connectivity index is 2.47. The molecule has 0 amide bonds. The van der Waals surface area contributed by atoms with Crippen LogP contribution in [0, 0.1) is 0 Å². The van der Waals surface area contributed by atoms with E-state index < -0.39 is 0 Å². The van der Waals surface area contributed by atoms with Gasteiger partial charge in [0.1, 0.15) is 0 Å². The standard InChI is InChI=1S/C12H27N3/c1-3-8-12(4-2,11-13)14-15-9-6-5-7-10-15/h14H,3-11,13H2,1-2H3. The topological polar surface area (TPSA) is 41.3 Å². The second-order valence-corrected chi connectivity index (χ2v) is 4.75. The first-order chi connectivity index (χ1) is 7.26. The molecule has 1 fully saturated rings. The molecule has 3 heteroatoms. The molecule has 1 aliphatic rings. The maximum absolute atomic E-state index is 5.93. The molecule has 0 saturated carbocycles. The van der Waals surface area contributed by atoms with E-state index in [4.69, 9.17) is 5.73 Å². The molecular weight excluding hydrogens is 186 g/mol. The molecule has 0 spiro atoms. The van der Waals surface area contributed by atoms with Gasteiger partial charge in [-0.05, 0) is 25.7 Å². The zero-order chi connectivity index (χ0) is 11.1. The largest absolute Gasteiger partial charge is 0.329 e. The predicted molar refractivity (Wildman–Crippen MR) is 65.5 cm³/mol. The number of hydrogen-bond acceptors (Lipinski definition) is 3. The maximum atomic E-state index is 5.93. The van der Waals surface area contributed by atoms with Gasteiger partial charge in [0.05, 0.1) is 0 Å². The van der Waals surface area contributed by atoms with E-state index in [9.17, 15) is 0 Å². The lowest BCUT2D eigenvalue weighted by Gasteiger charge is -2.40. The summed E-state index contributed by atoms with van der Waals surface area (Å²) in [5.74, 6) is 0. The Morgan fingerprint density at radius 1 is 1.20 bits per heavy atom. The predicted octanol–water partition coefficient (Wildman–Crippen LogP) is 1.88. The highest BCUT2D eigenvalue weighted by atomic mass is 15.5. The molecule has 1 unspecified atom stereocenters. The molecule has 1 atom stereocenters. The number of nitrogens with zero attached hydrogens (tertiary/aromatic N) is 1. The van der Waals surface area contributed by atoms with Gasteiger partial charge in [0.25, 0.3) is 0 Å². The molecule has 90 valence electrons. The summed E-state index contributed by atoms with van der Waals surface area (Å²) in [4.78, 5) is 0. The van der Waals surface area contributed by atoms with Crippen molar-refractivity contribution in [2.45, 2.75) is 57.9 Å². The number of nitrogens with one attached hydrogen (secondary N) is 1. The highest BCUT2D eigenvalue weighted by molar-refractivity contribution is 4.86. The van der Waals surface area contributed by atoms with Gasteiger partial charge < -0.3 is 5.73 Å². The average Bonchev–Trinajstić information content (AvgIpc) is 2.30. The molecule has 0 aliphatic carbocycles. The van der Waals surface area contributed by atoms with E-state index in [1.165, 1.54) is 45.2 Å². The van der Waals surface area contributed by atoms with Crippen molar-refractivity contribution in [3.8, 4) is 0 Å². The third kappa shape index (κ3) is 3.74. The fraction of sp³-hybridized carbons (Fsp3) is 1.00. The van der Waals surface area contributed by atoms with Crippen LogP contribution >= 0.6 is 0 Å². The summed E-state index contributed by atoms with van der Waals surface area (Å²) >= 11 is 0. The molecule has 0 aromatic rings. The summed E-state index contributed by atoms with van der Waals surface area (Å²) in [6.45, 7) is 7.59. The van der Waals surface area contributed by atoms with Crippen molar-refractivity contribution in [1.82, 2.24) is 10.4 Å². The number of hydrazine groups is 1. The molecule has 1 rings (SSSR count). The minimum atomic E-state index is 0.145. The first-order valence-corrected chi connectivity index (χ1v) is 6.49. The van der Waals surface area contributed by atoms with Crippen LogP contribution in [-0.4, -0.2) is 30.2 Å². The van der Waals surface area contributed by atoms with Crippen molar-refractivity contribution in [2.75, 3.05) is 19.6 Å². The lowest BCUT2D eigenvalue weighted by Crippen LogP contribution is -2.59. The Bertz CT molecular complexity index is 160. The molecule has 3 nitrogen and oxygen atoms in total. The SMILES string of the molecule is CCCC(CC)(CN)NN1CCCCC1. The van der Waals surface area contributed by atoms with Gasteiger partial charge in [-0.25, -0.2) is 10.4 Å². The highest BCUT2D eigenvalue weighted by Crippen LogP contribution is 2.18. The molecule has 0 radical (unpaired) electrons. The molecule has 1 heterocycles. The fourth-order valence-electron chi connectivity index (χ4n) is 2.42. The Hall–Kier alpha value is -0.120. The van der Waals surface area contributed by atoms with Crippen molar-refractivity contribution in [1.29, 1.82) is 0 Å². The molecule has 3 N–H and O–H groups in total. The molecule has 1 saturated heterocycles. The van der Waals surface area contributed by atoms with Crippen LogP contribution in [0.25, 0.3) is 0 Å². The lowest BCUT2D eigenvalue weighted by atomic mass is 9.91. The lowest BCUT2D eigenvalue weighted by molar-refractivity contribution is 0.0751. The molecule has 1 aliphatic heterocycles. The second kappa shape index (κ2) is 6.46. The van der Waals surface area contributed by atoms with Crippen LogP contribution in [-0.2, 0) is 0 Å². The van der Waals surface area contributed by atoms with E-state index in [2.05, 4.69) is 24.3 Å². The van der Waals surface area contributed by atoms with E-state index in [-0.39, 0.29) is 5.54 Å². The highest BCUT2D eigenvalue weighted by Gasteiger charge is 2.27. The number of hydrogen-bond donors (Lipinski definition) is 2. The maximum Gasteiger partial charge on any atom is 0.0445 e. The normalized spacial score (nSPS) is 22.6. The van der Waals surface area contributed by atoms with Crippen molar-refractivity contribution in [3.63, 3.8) is 0 Å². The minimum Gasteiger partial charge on any atom is -0.329 e. The van der Waals surface area contributed by atoms with Crippen molar-refractivity contribution in [3.05, 3.63) is 0 Å². The van der Waals surface area contributed by atoms with E-state index in [1.54, 1.807) is 0 Å². The van der Waals surface area contributed by atoms with Crippen LogP contribution in [0.1, 0.15) is 52.4 Å².